The molecule has 0 aliphatic carbocycles. The fraction of sp³-hybridized carbons (Fsp3) is 0.125. The number of nitrogens with zero attached hydrogens (tertiary/aromatic N) is 3. The first kappa shape index (κ1) is 8.89. The molecule has 0 aromatic carbocycles. The number of aromatic nitrogens is 3. The molecule has 2 aromatic heterocycles. The van der Waals surface area contributed by atoms with E-state index in [-0.39, 0.29) is 0 Å². The highest BCUT2D eigenvalue weighted by Gasteiger charge is 1.99. The lowest BCUT2D eigenvalue weighted by atomic mass is 10.3. The van der Waals surface area contributed by atoms with Gasteiger partial charge in [-0.3, -0.25) is 4.98 Å². The van der Waals surface area contributed by atoms with Crippen LogP contribution in [0.5, 0.6) is 0 Å². The normalized spacial score (nSPS) is 10.0. The average Bonchev–Trinajstić information content (AvgIpc) is 2.63. The van der Waals surface area contributed by atoms with Crippen LogP contribution in [0.1, 0.15) is 5.69 Å². The zero-order valence-electron chi connectivity index (χ0n) is 7.34. The van der Waals surface area contributed by atoms with Gasteiger partial charge in [-0.2, -0.15) is 0 Å². The van der Waals surface area contributed by atoms with Crippen molar-refractivity contribution in [3.63, 3.8) is 0 Å². The minimum Gasteiger partial charge on any atom is -0.374 e. The number of nitrogens with two attached hydrogens (primary N) is 1. The molecule has 72 valence electrons. The van der Waals surface area contributed by atoms with Gasteiger partial charge in [-0.15, -0.1) is 10.2 Å². The van der Waals surface area contributed by atoms with Crippen molar-refractivity contribution in [3.8, 4) is 0 Å². The van der Waals surface area contributed by atoms with Gasteiger partial charge in [-0.25, -0.2) is 0 Å². The number of nitrogen functional groups attached to an aromatic ring is 1. The first-order chi connectivity index (χ1) is 6.84. The van der Waals surface area contributed by atoms with Crippen LogP contribution in [0.3, 0.4) is 0 Å². The van der Waals surface area contributed by atoms with E-state index in [0.717, 1.165) is 5.69 Å². The Labute approximate surface area is 85.0 Å². The maximum atomic E-state index is 5.44. The van der Waals surface area contributed by atoms with Gasteiger partial charge in [0.2, 0.25) is 10.3 Å². The van der Waals surface area contributed by atoms with Gasteiger partial charge < -0.3 is 11.1 Å². The van der Waals surface area contributed by atoms with Crippen LogP contribution in [0.15, 0.2) is 24.4 Å². The molecule has 0 saturated heterocycles. The summed E-state index contributed by atoms with van der Waals surface area (Å²) >= 11 is 1.32. The largest absolute Gasteiger partial charge is 0.374 e. The molecule has 2 heterocycles. The fourth-order valence-corrected chi connectivity index (χ4v) is 1.48. The van der Waals surface area contributed by atoms with Crippen LogP contribution >= 0.6 is 11.3 Å². The molecular formula is C8H9N5S. The Morgan fingerprint density at radius 2 is 2.29 bits per heavy atom. The summed E-state index contributed by atoms with van der Waals surface area (Å²) < 4.78 is 0. The molecule has 0 radical (unpaired) electrons. The Kier molecular flexibility index (Phi) is 2.55. The van der Waals surface area contributed by atoms with Crippen molar-refractivity contribution in [1.29, 1.82) is 0 Å². The van der Waals surface area contributed by atoms with E-state index in [9.17, 15) is 0 Å². The van der Waals surface area contributed by atoms with Gasteiger partial charge in [0.15, 0.2) is 0 Å². The highest BCUT2D eigenvalue weighted by atomic mass is 32.1. The van der Waals surface area contributed by atoms with Crippen molar-refractivity contribution < 1.29 is 0 Å². The summed E-state index contributed by atoms with van der Waals surface area (Å²) in [7, 11) is 0. The Morgan fingerprint density at radius 3 is 2.93 bits per heavy atom. The molecule has 2 rings (SSSR count). The predicted octanol–water partition coefficient (Wildman–Crippen LogP) is 1.13. The molecule has 3 N–H and O–H groups in total. The Balaban J connectivity index is 1.95. The Hall–Kier alpha value is -1.69. The minimum absolute atomic E-state index is 0.466. The second-order valence-electron chi connectivity index (χ2n) is 2.62. The van der Waals surface area contributed by atoms with Crippen LogP contribution in [0.4, 0.5) is 10.3 Å². The number of nitrogens with one attached hydrogen (secondary N) is 1. The maximum absolute atomic E-state index is 5.44. The zero-order chi connectivity index (χ0) is 9.80. The molecule has 5 nitrogen and oxygen atoms in total. The number of rotatable bonds is 3. The van der Waals surface area contributed by atoms with Crippen molar-refractivity contribution in [1.82, 2.24) is 15.2 Å². The molecule has 0 fully saturated rings. The van der Waals surface area contributed by atoms with E-state index < -0.39 is 0 Å². The van der Waals surface area contributed by atoms with Crippen LogP contribution in [0.2, 0.25) is 0 Å². The number of anilines is 2. The highest BCUT2D eigenvalue weighted by Crippen LogP contribution is 2.16. The number of hydrogen-bond acceptors (Lipinski definition) is 6. The quantitative estimate of drug-likeness (QED) is 0.788. The number of pyridine rings is 1. The monoisotopic (exact) mass is 207 g/mol. The van der Waals surface area contributed by atoms with Crippen LogP contribution in [-0.2, 0) is 6.54 Å². The lowest BCUT2D eigenvalue weighted by molar-refractivity contribution is 1.01. The molecule has 0 saturated carbocycles. The van der Waals surface area contributed by atoms with E-state index in [1.807, 2.05) is 18.2 Å². The summed E-state index contributed by atoms with van der Waals surface area (Å²) in [6, 6.07) is 5.77. The van der Waals surface area contributed by atoms with E-state index in [2.05, 4.69) is 20.5 Å². The Morgan fingerprint density at radius 1 is 1.36 bits per heavy atom. The summed E-state index contributed by atoms with van der Waals surface area (Å²) in [5.74, 6) is 0. The third kappa shape index (κ3) is 2.17. The molecule has 0 aliphatic rings. The summed E-state index contributed by atoms with van der Waals surface area (Å²) in [5, 5.41) is 11.8. The van der Waals surface area contributed by atoms with E-state index in [0.29, 0.717) is 16.8 Å². The van der Waals surface area contributed by atoms with E-state index in [4.69, 9.17) is 5.73 Å². The molecule has 14 heavy (non-hydrogen) atoms. The SMILES string of the molecule is Nc1nnc(NCc2ccccn2)s1. The van der Waals surface area contributed by atoms with Crippen LogP contribution < -0.4 is 11.1 Å². The second-order valence-corrected chi connectivity index (χ2v) is 3.63. The summed E-state index contributed by atoms with van der Waals surface area (Å²) in [5.41, 5.74) is 6.40. The van der Waals surface area contributed by atoms with Gasteiger partial charge in [-0.05, 0) is 12.1 Å². The second kappa shape index (κ2) is 4.01. The standard InChI is InChI=1S/C8H9N5S/c9-7-12-13-8(14-7)11-5-6-3-1-2-4-10-6/h1-4H,5H2,(H2,9,12)(H,11,13). The van der Waals surface area contributed by atoms with Crippen molar-refractivity contribution in [2.45, 2.75) is 6.54 Å². The third-order valence-electron chi connectivity index (χ3n) is 1.59. The smallest absolute Gasteiger partial charge is 0.207 e. The van der Waals surface area contributed by atoms with Crippen molar-refractivity contribution in [2.75, 3.05) is 11.1 Å². The van der Waals surface area contributed by atoms with Crippen LogP contribution in [0, 0.1) is 0 Å². The van der Waals surface area contributed by atoms with E-state index in [1.54, 1.807) is 6.20 Å². The molecule has 0 amide bonds. The van der Waals surface area contributed by atoms with E-state index >= 15 is 0 Å². The van der Waals surface area contributed by atoms with Gasteiger partial charge in [-0.1, -0.05) is 17.4 Å². The Bertz CT molecular complexity index is 399. The topological polar surface area (TPSA) is 76.7 Å². The van der Waals surface area contributed by atoms with Crippen molar-refractivity contribution in [3.05, 3.63) is 30.1 Å². The highest BCUT2D eigenvalue weighted by molar-refractivity contribution is 7.18. The van der Waals surface area contributed by atoms with E-state index in [1.165, 1.54) is 11.3 Å². The van der Waals surface area contributed by atoms with Gasteiger partial charge in [0.1, 0.15) is 0 Å². The molecule has 0 spiro atoms. The van der Waals surface area contributed by atoms with Gasteiger partial charge in [0, 0.05) is 6.20 Å². The fourth-order valence-electron chi connectivity index (χ4n) is 0.975. The molecule has 0 atom stereocenters. The predicted molar refractivity (Wildman–Crippen MR) is 55.9 cm³/mol. The first-order valence-electron chi connectivity index (χ1n) is 4.07. The molecular weight excluding hydrogens is 198 g/mol. The molecule has 0 aliphatic heterocycles. The molecule has 0 unspecified atom stereocenters. The van der Waals surface area contributed by atoms with Gasteiger partial charge >= 0.3 is 0 Å². The van der Waals surface area contributed by atoms with Crippen LogP contribution in [-0.4, -0.2) is 15.2 Å². The molecule has 2 aromatic rings. The van der Waals surface area contributed by atoms with Crippen molar-refractivity contribution in [2.24, 2.45) is 0 Å². The summed E-state index contributed by atoms with van der Waals surface area (Å²) in [4.78, 5) is 4.16. The minimum atomic E-state index is 0.466. The lowest BCUT2D eigenvalue weighted by Gasteiger charge is -1.99. The zero-order valence-corrected chi connectivity index (χ0v) is 8.16. The third-order valence-corrected chi connectivity index (χ3v) is 2.30. The number of hydrogen-bond donors (Lipinski definition) is 2. The lowest BCUT2D eigenvalue weighted by Crippen LogP contribution is -2.00. The van der Waals surface area contributed by atoms with Crippen molar-refractivity contribution >= 4 is 21.6 Å². The first-order valence-corrected chi connectivity index (χ1v) is 4.89. The van der Waals surface area contributed by atoms with Gasteiger partial charge in [0.25, 0.3) is 0 Å². The van der Waals surface area contributed by atoms with Gasteiger partial charge in [0.05, 0.1) is 12.2 Å². The average molecular weight is 207 g/mol. The van der Waals surface area contributed by atoms with Crippen LogP contribution in [0.25, 0.3) is 0 Å². The summed E-state index contributed by atoms with van der Waals surface area (Å²) in [6.07, 6.45) is 1.76. The maximum Gasteiger partial charge on any atom is 0.207 e. The molecule has 0 bridgehead atoms. The molecule has 6 heteroatoms. The summed E-state index contributed by atoms with van der Waals surface area (Å²) in [6.45, 7) is 0.634.